The van der Waals surface area contributed by atoms with Crippen LogP contribution in [-0.2, 0) is 22.6 Å². The van der Waals surface area contributed by atoms with Crippen LogP contribution in [0.5, 0.6) is 0 Å². The molecule has 0 spiro atoms. The Morgan fingerprint density at radius 1 is 0.872 bits per heavy atom. The summed E-state index contributed by atoms with van der Waals surface area (Å²) in [6, 6.07) is 7.45. The molecule has 2 heterocycles. The van der Waals surface area contributed by atoms with E-state index in [1.54, 1.807) is 6.07 Å². The van der Waals surface area contributed by atoms with Gasteiger partial charge in [0.05, 0.1) is 38.0 Å². The van der Waals surface area contributed by atoms with E-state index in [9.17, 15) is 4.79 Å². The van der Waals surface area contributed by atoms with Gasteiger partial charge in [0.2, 0.25) is 0 Å². The molecule has 1 aliphatic heterocycles. The summed E-state index contributed by atoms with van der Waals surface area (Å²) in [5.41, 5.74) is 3.11. The first-order valence-electron chi connectivity index (χ1n) is 13.0. The second-order valence-corrected chi connectivity index (χ2v) is 11.8. The van der Waals surface area contributed by atoms with Crippen molar-refractivity contribution in [3.05, 3.63) is 68.2 Å². The highest BCUT2D eigenvalue weighted by atomic mass is 35.5. The Bertz CT molecular complexity index is 1450. The third-order valence-corrected chi connectivity index (χ3v) is 7.90. The number of allylic oxidation sites excluding steroid dienone is 2. The predicted molar refractivity (Wildman–Crippen MR) is 163 cm³/mol. The molecule has 1 aliphatic rings. The number of nitrogens with zero attached hydrogens (tertiary/aromatic N) is 4. The monoisotopic (exact) mass is 609 g/mol. The smallest absolute Gasteiger partial charge is 0.349 e. The molecule has 0 atom stereocenters. The minimum atomic E-state index is -0.599. The van der Waals surface area contributed by atoms with Gasteiger partial charge in [0.1, 0.15) is 11.4 Å². The molecule has 0 aliphatic carbocycles. The fourth-order valence-electron chi connectivity index (χ4n) is 4.95. The molecule has 1 aromatic heterocycles. The molecule has 0 saturated heterocycles. The Morgan fingerprint density at radius 3 is 1.92 bits per heavy atom. The van der Waals surface area contributed by atoms with Crippen LogP contribution in [-0.4, -0.2) is 29.2 Å². The zero-order valence-electron chi connectivity index (χ0n) is 23.0. The molecule has 0 radical (unpaired) electrons. The molecule has 0 fully saturated rings. The van der Waals surface area contributed by atoms with Crippen molar-refractivity contribution in [3.63, 3.8) is 0 Å². The van der Waals surface area contributed by atoms with Gasteiger partial charge in [-0.25, -0.2) is 13.9 Å². The quantitative estimate of drug-likeness (QED) is 0.200. The average Bonchev–Trinajstić information content (AvgIpc) is 3.29. The second kappa shape index (κ2) is 11.6. The van der Waals surface area contributed by atoms with Gasteiger partial charge in [-0.15, -0.1) is 0 Å². The van der Waals surface area contributed by atoms with Crippen LogP contribution in [0.3, 0.4) is 0 Å². The van der Waals surface area contributed by atoms with E-state index < -0.39 is 5.60 Å². The number of esters is 1. The first kappa shape index (κ1) is 29.6. The summed E-state index contributed by atoms with van der Waals surface area (Å²) in [7, 11) is 0. The SMILES string of the molecule is CCN1C(=CC=Cc2n(CC)c3cc(Cl)c(Cl)cc3[n+]2CC(=O)OC(C)(C)C)N(CC)c2cc(Cl)c(Cl)cc21. The van der Waals surface area contributed by atoms with E-state index in [0.29, 0.717) is 26.6 Å². The molecular formula is C29H33Cl4N4O2+. The molecule has 0 N–H and O–H groups in total. The summed E-state index contributed by atoms with van der Waals surface area (Å²) in [5.74, 6) is 1.49. The van der Waals surface area contributed by atoms with E-state index in [1.165, 1.54) is 0 Å². The van der Waals surface area contributed by atoms with Crippen LogP contribution in [0.4, 0.5) is 11.4 Å². The number of hydrogen-bond acceptors (Lipinski definition) is 4. The van der Waals surface area contributed by atoms with Crippen LogP contribution in [0.15, 0.2) is 42.2 Å². The fourth-order valence-corrected chi connectivity index (χ4v) is 5.58. The first-order chi connectivity index (χ1) is 18.4. The Kier molecular flexibility index (Phi) is 8.82. The molecule has 0 amide bonds. The summed E-state index contributed by atoms with van der Waals surface area (Å²) in [6.45, 7) is 14.0. The number of rotatable bonds is 7. The maximum atomic E-state index is 12.9. The highest BCUT2D eigenvalue weighted by Gasteiger charge is 2.31. The van der Waals surface area contributed by atoms with E-state index >= 15 is 0 Å². The molecule has 39 heavy (non-hydrogen) atoms. The lowest BCUT2D eigenvalue weighted by Crippen LogP contribution is -2.42. The van der Waals surface area contributed by atoms with Crippen LogP contribution in [0.1, 0.15) is 47.4 Å². The van der Waals surface area contributed by atoms with Gasteiger partial charge in [0.15, 0.2) is 17.6 Å². The van der Waals surface area contributed by atoms with Crippen molar-refractivity contribution in [2.45, 2.75) is 60.2 Å². The van der Waals surface area contributed by atoms with E-state index in [0.717, 1.165) is 47.1 Å². The molecular weight excluding hydrogens is 578 g/mol. The van der Waals surface area contributed by atoms with Crippen LogP contribution < -0.4 is 14.4 Å². The zero-order chi connectivity index (χ0) is 28.6. The summed E-state index contributed by atoms with van der Waals surface area (Å²) < 4.78 is 9.67. The zero-order valence-corrected chi connectivity index (χ0v) is 26.0. The van der Waals surface area contributed by atoms with Crippen LogP contribution in [0.25, 0.3) is 17.1 Å². The number of hydrogen-bond donors (Lipinski definition) is 0. The molecule has 4 rings (SSSR count). The number of carbonyl (C=O) groups excluding carboxylic acids is 1. The molecule has 0 saturated carbocycles. The third-order valence-electron chi connectivity index (χ3n) is 6.45. The van der Waals surface area contributed by atoms with Crippen molar-refractivity contribution in [2.75, 3.05) is 22.9 Å². The standard InChI is InChI=1S/C29H33Cl4N4O2/c1-7-34-22-13-18(30)19(31)14-23(22)35(8-2)26(34)11-10-12-27-36(9-3)24-15-20(32)21(33)16-25(24)37(27)17-28(38)39-29(4,5)6/h10-16H,7-9,17H2,1-6H3/q+1. The van der Waals surface area contributed by atoms with Crippen LogP contribution >= 0.6 is 46.4 Å². The molecule has 0 unspecified atom stereocenters. The number of imidazole rings is 1. The van der Waals surface area contributed by atoms with Crippen molar-refractivity contribution in [3.8, 4) is 0 Å². The Hall–Kier alpha value is -2.38. The van der Waals surface area contributed by atoms with E-state index in [2.05, 4.69) is 34.3 Å². The topological polar surface area (TPSA) is 41.6 Å². The molecule has 3 aromatic rings. The van der Waals surface area contributed by atoms with Gasteiger partial charge in [-0.1, -0.05) is 52.5 Å². The molecule has 2 aromatic carbocycles. The van der Waals surface area contributed by atoms with Gasteiger partial charge in [-0.2, -0.15) is 0 Å². The Morgan fingerprint density at radius 2 is 1.41 bits per heavy atom. The van der Waals surface area contributed by atoms with Crippen LogP contribution in [0.2, 0.25) is 20.1 Å². The number of fused-ring (bicyclic) bond motifs is 2. The molecule has 0 bridgehead atoms. The summed E-state index contributed by atoms with van der Waals surface area (Å²) in [5, 5.41) is 1.92. The third kappa shape index (κ3) is 5.90. The van der Waals surface area contributed by atoms with Gasteiger partial charge >= 0.3 is 5.97 Å². The van der Waals surface area contributed by atoms with Crippen molar-refractivity contribution in [2.24, 2.45) is 0 Å². The maximum Gasteiger partial charge on any atom is 0.349 e. The average molecular weight is 611 g/mol. The van der Waals surface area contributed by atoms with E-state index in [1.807, 2.05) is 62.6 Å². The summed E-state index contributed by atoms with van der Waals surface area (Å²) in [6.07, 6.45) is 6.04. The van der Waals surface area contributed by atoms with Crippen molar-refractivity contribution < 1.29 is 14.1 Å². The second-order valence-electron chi connectivity index (χ2n) is 10.2. The van der Waals surface area contributed by atoms with Gasteiger partial charge in [0.25, 0.3) is 5.82 Å². The minimum Gasteiger partial charge on any atom is -0.457 e. The van der Waals surface area contributed by atoms with Crippen molar-refractivity contribution >= 4 is 80.9 Å². The maximum absolute atomic E-state index is 12.9. The Balaban J connectivity index is 1.82. The predicted octanol–water partition coefficient (Wildman–Crippen LogP) is 8.13. The summed E-state index contributed by atoms with van der Waals surface area (Å²) in [4.78, 5) is 17.3. The van der Waals surface area contributed by atoms with Crippen LogP contribution in [0, 0.1) is 0 Å². The number of halogens is 4. The van der Waals surface area contributed by atoms with Gasteiger partial charge < -0.3 is 14.5 Å². The number of aryl methyl sites for hydroxylation is 1. The number of carbonyl (C=O) groups is 1. The Labute approximate surface area is 249 Å². The molecule has 208 valence electrons. The number of benzene rings is 2. The van der Waals surface area contributed by atoms with E-state index in [-0.39, 0.29) is 12.5 Å². The largest absolute Gasteiger partial charge is 0.457 e. The highest BCUT2D eigenvalue weighted by Crippen LogP contribution is 2.45. The number of anilines is 2. The lowest BCUT2D eigenvalue weighted by atomic mass is 10.2. The van der Waals surface area contributed by atoms with Crippen molar-refractivity contribution in [1.82, 2.24) is 4.57 Å². The molecule has 10 heteroatoms. The number of aromatic nitrogens is 2. The highest BCUT2D eigenvalue weighted by molar-refractivity contribution is 6.43. The van der Waals surface area contributed by atoms with E-state index in [4.69, 9.17) is 51.1 Å². The number of ether oxygens (including phenoxy) is 1. The van der Waals surface area contributed by atoms with Crippen molar-refractivity contribution in [1.29, 1.82) is 0 Å². The van der Waals surface area contributed by atoms with Gasteiger partial charge in [-0.3, -0.25) is 0 Å². The van der Waals surface area contributed by atoms with Gasteiger partial charge in [0, 0.05) is 31.3 Å². The van der Waals surface area contributed by atoms with Gasteiger partial charge in [-0.05, 0) is 59.8 Å². The first-order valence-corrected chi connectivity index (χ1v) is 14.5. The molecule has 6 nitrogen and oxygen atoms in total. The minimum absolute atomic E-state index is 0.0274. The fraction of sp³-hybridized carbons (Fsp3) is 0.379. The normalized spacial score (nSPS) is 13.6. The lowest BCUT2D eigenvalue weighted by molar-refractivity contribution is -0.663. The lowest BCUT2D eigenvalue weighted by Gasteiger charge is -2.23. The summed E-state index contributed by atoms with van der Waals surface area (Å²) >= 11 is 25.5.